The van der Waals surface area contributed by atoms with Crippen LogP contribution in [0.25, 0.3) is 0 Å². The van der Waals surface area contributed by atoms with Gasteiger partial charge in [-0.2, -0.15) is 0 Å². The van der Waals surface area contributed by atoms with E-state index in [-0.39, 0.29) is 18.7 Å². The maximum atomic E-state index is 12.5. The summed E-state index contributed by atoms with van der Waals surface area (Å²) >= 11 is 0. The third-order valence-corrected chi connectivity index (χ3v) is 3.54. The summed E-state index contributed by atoms with van der Waals surface area (Å²) in [4.78, 5) is 21.0. The first-order chi connectivity index (χ1) is 12.6. The summed E-state index contributed by atoms with van der Waals surface area (Å²) in [6.07, 6.45) is 3.42. The lowest BCUT2D eigenvalue weighted by Gasteiger charge is -2.12. The number of carbonyl (C=O) groups excluding carboxylic acids is 1. The second-order valence-electron chi connectivity index (χ2n) is 6.21. The Bertz CT molecular complexity index is 791. The number of carbonyl (C=O) groups is 1. The molecule has 2 heterocycles. The predicted molar refractivity (Wildman–Crippen MR) is 96.2 cm³/mol. The third kappa shape index (κ3) is 4.72. The van der Waals surface area contributed by atoms with Gasteiger partial charge in [-0.1, -0.05) is 19.9 Å². The van der Waals surface area contributed by atoms with Crippen molar-refractivity contribution in [1.82, 2.24) is 10.3 Å². The Morgan fingerprint density at radius 3 is 2.92 bits per heavy atom. The Balaban J connectivity index is 1.70. The highest BCUT2D eigenvalue weighted by Crippen LogP contribution is 2.32. The van der Waals surface area contributed by atoms with E-state index in [9.17, 15) is 4.79 Å². The van der Waals surface area contributed by atoms with Crippen LogP contribution in [-0.2, 0) is 11.3 Å². The fraction of sp³-hybridized carbons (Fsp3) is 0.316. The molecular weight excluding hydrogens is 334 g/mol. The molecule has 7 heteroatoms. The molecule has 26 heavy (non-hydrogen) atoms. The smallest absolute Gasteiger partial charge is 0.292 e. The van der Waals surface area contributed by atoms with Crippen molar-refractivity contribution >= 4 is 11.9 Å². The summed E-state index contributed by atoms with van der Waals surface area (Å²) in [6.45, 7) is 5.03. The van der Waals surface area contributed by atoms with Crippen molar-refractivity contribution in [3.8, 4) is 11.5 Å². The molecule has 0 saturated carbocycles. The minimum Gasteiger partial charge on any atom is -0.465 e. The molecule has 0 unspecified atom stereocenters. The first kappa shape index (κ1) is 17.7. The highest BCUT2D eigenvalue weighted by atomic mass is 16.7. The number of fused-ring (bicyclic) bond motifs is 1. The van der Waals surface area contributed by atoms with Gasteiger partial charge in [-0.25, -0.2) is 4.99 Å². The Morgan fingerprint density at radius 1 is 1.31 bits per heavy atom. The summed E-state index contributed by atoms with van der Waals surface area (Å²) < 4.78 is 16.2. The highest BCUT2D eigenvalue weighted by molar-refractivity contribution is 6.04. The van der Waals surface area contributed by atoms with Gasteiger partial charge in [0.15, 0.2) is 11.5 Å². The van der Waals surface area contributed by atoms with Crippen LogP contribution in [0.2, 0.25) is 0 Å². The van der Waals surface area contributed by atoms with Crippen molar-refractivity contribution in [3.05, 3.63) is 53.9 Å². The van der Waals surface area contributed by atoms with E-state index in [1.165, 1.54) is 0 Å². The lowest BCUT2D eigenvalue weighted by atomic mass is 10.2. The molecule has 0 saturated heterocycles. The molecule has 0 spiro atoms. The Labute approximate surface area is 152 Å². The number of hydrogen-bond acceptors (Lipinski definition) is 6. The van der Waals surface area contributed by atoms with Gasteiger partial charge in [-0.15, -0.1) is 0 Å². The van der Waals surface area contributed by atoms with E-state index < -0.39 is 0 Å². The fourth-order valence-corrected chi connectivity index (χ4v) is 2.23. The molecule has 7 nitrogen and oxygen atoms in total. The van der Waals surface area contributed by atoms with Crippen molar-refractivity contribution in [2.45, 2.75) is 20.4 Å². The molecular formula is C19H21N3O4. The van der Waals surface area contributed by atoms with Gasteiger partial charge in [0, 0.05) is 18.0 Å². The number of ether oxygens (including phenoxy) is 3. The number of hydrogen-bond donors (Lipinski definition) is 1. The molecule has 1 aliphatic heterocycles. The monoisotopic (exact) mass is 355 g/mol. The number of aliphatic imine (C=N–C) groups is 1. The van der Waals surface area contributed by atoms with Crippen molar-refractivity contribution in [2.75, 3.05) is 13.4 Å². The number of nitrogens with one attached hydrogen (secondary N) is 1. The van der Waals surface area contributed by atoms with Crippen LogP contribution < -0.4 is 14.8 Å². The van der Waals surface area contributed by atoms with Crippen molar-refractivity contribution in [3.63, 3.8) is 0 Å². The highest BCUT2D eigenvalue weighted by Gasteiger charge is 2.17. The van der Waals surface area contributed by atoms with Crippen molar-refractivity contribution in [1.29, 1.82) is 0 Å². The molecule has 136 valence electrons. The first-order valence-electron chi connectivity index (χ1n) is 8.39. The van der Waals surface area contributed by atoms with Crippen LogP contribution in [0.15, 0.2) is 47.7 Å². The maximum absolute atomic E-state index is 12.5. The van der Waals surface area contributed by atoms with Crippen LogP contribution >= 0.6 is 0 Å². The minimum absolute atomic E-state index is 0.162. The molecule has 1 N–H and O–H groups in total. The molecule has 0 atom stereocenters. The van der Waals surface area contributed by atoms with Crippen LogP contribution in [0.4, 0.5) is 0 Å². The zero-order valence-electron chi connectivity index (χ0n) is 14.8. The van der Waals surface area contributed by atoms with E-state index >= 15 is 0 Å². The van der Waals surface area contributed by atoms with Gasteiger partial charge in [-0.3, -0.25) is 15.1 Å². The summed E-state index contributed by atoms with van der Waals surface area (Å²) in [5.41, 5.74) is 1.37. The van der Waals surface area contributed by atoms with Gasteiger partial charge in [0.05, 0.1) is 13.2 Å². The second-order valence-corrected chi connectivity index (χ2v) is 6.21. The molecule has 2 aromatic rings. The molecule has 1 aromatic carbocycles. The normalized spacial score (nSPS) is 13.0. The molecule has 0 radical (unpaired) electrons. The fourth-order valence-electron chi connectivity index (χ4n) is 2.23. The van der Waals surface area contributed by atoms with E-state index in [2.05, 4.69) is 15.3 Å². The van der Waals surface area contributed by atoms with Gasteiger partial charge in [0.1, 0.15) is 0 Å². The number of amidine groups is 1. The van der Waals surface area contributed by atoms with Crippen molar-refractivity contribution in [2.24, 2.45) is 10.9 Å². The van der Waals surface area contributed by atoms with Gasteiger partial charge in [0.25, 0.3) is 11.9 Å². The van der Waals surface area contributed by atoms with Crippen LogP contribution in [-0.4, -0.2) is 30.3 Å². The molecule has 1 amide bonds. The first-order valence-corrected chi connectivity index (χ1v) is 8.39. The molecule has 1 aliphatic rings. The average molecular weight is 355 g/mol. The van der Waals surface area contributed by atoms with E-state index in [1.807, 2.05) is 26.0 Å². The van der Waals surface area contributed by atoms with Gasteiger partial charge in [-0.05, 0) is 35.7 Å². The number of aromatic nitrogens is 1. The van der Waals surface area contributed by atoms with Gasteiger partial charge >= 0.3 is 0 Å². The SMILES string of the molecule is CC(C)COC(=NCc1cccnc1)NC(=O)c1ccc2c(c1)OCO2. The third-order valence-electron chi connectivity index (χ3n) is 3.54. The standard InChI is InChI=1S/C19H21N3O4/c1-13(2)11-24-19(21-10-14-4-3-7-20-9-14)22-18(23)15-5-6-16-17(8-15)26-12-25-16/h3-9,13H,10-12H2,1-2H3,(H,21,22,23). The van der Waals surface area contributed by atoms with E-state index in [4.69, 9.17) is 14.2 Å². The van der Waals surface area contributed by atoms with E-state index in [0.29, 0.717) is 36.1 Å². The zero-order valence-corrected chi connectivity index (χ0v) is 14.8. The Kier molecular flexibility index (Phi) is 5.68. The lowest BCUT2D eigenvalue weighted by molar-refractivity contribution is 0.0962. The van der Waals surface area contributed by atoms with Crippen LogP contribution in [0.1, 0.15) is 29.8 Å². The second kappa shape index (κ2) is 8.33. The molecule has 3 rings (SSSR count). The summed E-state index contributed by atoms with van der Waals surface area (Å²) in [5, 5.41) is 2.72. The Hall–Kier alpha value is -3.09. The number of nitrogens with zero attached hydrogens (tertiary/aromatic N) is 2. The predicted octanol–water partition coefficient (Wildman–Crippen LogP) is 2.77. The molecule has 0 bridgehead atoms. The summed E-state index contributed by atoms with van der Waals surface area (Å²) in [5.74, 6) is 1.16. The Morgan fingerprint density at radius 2 is 2.15 bits per heavy atom. The van der Waals surface area contributed by atoms with Crippen LogP contribution in [0.5, 0.6) is 11.5 Å². The number of benzene rings is 1. The maximum Gasteiger partial charge on any atom is 0.292 e. The van der Waals surface area contributed by atoms with Crippen LogP contribution in [0.3, 0.4) is 0 Å². The number of amides is 1. The molecule has 0 aliphatic carbocycles. The van der Waals surface area contributed by atoms with E-state index in [1.54, 1.807) is 30.6 Å². The largest absolute Gasteiger partial charge is 0.465 e. The summed E-state index contributed by atoms with van der Waals surface area (Å²) in [6, 6.07) is 8.95. The number of rotatable bonds is 5. The zero-order chi connectivity index (χ0) is 18.4. The average Bonchev–Trinajstić information content (AvgIpc) is 3.12. The van der Waals surface area contributed by atoms with Crippen molar-refractivity contribution < 1.29 is 19.0 Å². The quantitative estimate of drug-likeness (QED) is 0.659. The topological polar surface area (TPSA) is 82.0 Å². The van der Waals surface area contributed by atoms with Gasteiger partial charge < -0.3 is 14.2 Å². The lowest BCUT2D eigenvalue weighted by Crippen LogP contribution is -2.33. The van der Waals surface area contributed by atoms with E-state index in [0.717, 1.165) is 5.56 Å². The minimum atomic E-state index is -0.322. The van der Waals surface area contributed by atoms with Gasteiger partial charge in [0.2, 0.25) is 6.79 Å². The molecule has 0 fully saturated rings. The summed E-state index contributed by atoms with van der Waals surface area (Å²) in [7, 11) is 0. The molecule has 1 aromatic heterocycles. The van der Waals surface area contributed by atoms with Crippen LogP contribution in [0, 0.1) is 5.92 Å². The number of pyridine rings is 1.